The largest absolute Gasteiger partial charge is 0.477 e. The molecule has 0 aliphatic carbocycles. The van der Waals surface area contributed by atoms with E-state index in [0.717, 1.165) is 24.3 Å². The van der Waals surface area contributed by atoms with Crippen LogP contribution in [0.4, 0.5) is 11.4 Å². The van der Waals surface area contributed by atoms with Gasteiger partial charge < -0.3 is 10.0 Å². The molecule has 0 radical (unpaired) electrons. The molecular weight excluding hydrogens is 252 g/mol. The summed E-state index contributed by atoms with van der Waals surface area (Å²) in [5, 5.41) is 9.07. The van der Waals surface area contributed by atoms with Gasteiger partial charge in [0.25, 0.3) is 0 Å². The molecule has 1 N–H and O–H groups in total. The molecule has 4 heteroatoms. The van der Waals surface area contributed by atoms with E-state index in [0.29, 0.717) is 5.92 Å². The second kappa shape index (κ2) is 4.96. The number of nitrogens with zero attached hydrogens (tertiary/aromatic N) is 2. The minimum Gasteiger partial charge on any atom is -0.477 e. The van der Waals surface area contributed by atoms with E-state index in [1.54, 1.807) is 12.3 Å². The van der Waals surface area contributed by atoms with E-state index in [1.807, 2.05) is 18.2 Å². The number of pyridine rings is 1. The summed E-state index contributed by atoms with van der Waals surface area (Å²) in [6, 6.07) is 11.8. The Morgan fingerprint density at radius 2 is 2.15 bits per heavy atom. The van der Waals surface area contributed by atoms with E-state index >= 15 is 0 Å². The van der Waals surface area contributed by atoms with Crippen molar-refractivity contribution in [2.75, 3.05) is 11.4 Å². The molecule has 2 aromatic rings. The smallest absolute Gasteiger partial charge is 0.354 e. The average Bonchev–Trinajstić information content (AvgIpc) is 2.46. The number of anilines is 2. The molecule has 1 aromatic carbocycles. The zero-order valence-electron chi connectivity index (χ0n) is 11.3. The van der Waals surface area contributed by atoms with E-state index in [2.05, 4.69) is 28.9 Å². The number of para-hydroxylation sites is 1. The van der Waals surface area contributed by atoms with Gasteiger partial charge in [0.05, 0.1) is 0 Å². The Hall–Kier alpha value is -2.36. The first-order valence-corrected chi connectivity index (χ1v) is 6.70. The second-order valence-corrected chi connectivity index (χ2v) is 5.25. The number of benzene rings is 1. The Balaban J connectivity index is 2.06. The maximum absolute atomic E-state index is 11.1. The van der Waals surface area contributed by atoms with Gasteiger partial charge in [0.1, 0.15) is 5.69 Å². The van der Waals surface area contributed by atoms with Crippen LogP contribution in [0.2, 0.25) is 0 Å². The number of hydrogen-bond donors (Lipinski definition) is 1. The molecular formula is C16H16N2O2. The first-order valence-electron chi connectivity index (χ1n) is 6.70. The highest BCUT2D eigenvalue weighted by atomic mass is 16.4. The summed E-state index contributed by atoms with van der Waals surface area (Å²) in [5.74, 6) is -0.462. The minimum absolute atomic E-state index is 0.0817. The lowest BCUT2D eigenvalue weighted by Gasteiger charge is -2.34. The fraction of sp³-hybridized carbons (Fsp3) is 0.250. The van der Waals surface area contributed by atoms with E-state index in [-0.39, 0.29) is 5.69 Å². The summed E-state index contributed by atoms with van der Waals surface area (Å²) in [6.07, 6.45) is 2.62. The van der Waals surface area contributed by atoms with Gasteiger partial charge in [-0.05, 0) is 36.1 Å². The number of carboxylic acid groups (broad SMARTS) is 1. The van der Waals surface area contributed by atoms with Gasteiger partial charge in [-0.15, -0.1) is 0 Å². The van der Waals surface area contributed by atoms with Crippen molar-refractivity contribution in [1.29, 1.82) is 0 Å². The highest BCUT2D eigenvalue weighted by Gasteiger charge is 2.23. The van der Waals surface area contributed by atoms with Gasteiger partial charge in [0.15, 0.2) is 0 Å². The highest BCUT2D eigenvalue weighted by molar-refractivity contribution is 5.87. The fourth-order valence-electron chi connectivity index (χ4n) is 2.75. The number of hydrogen-bond acceptors (Lipinski definition) is 3. The molecule has 0 saturated heterocycles. The molecule has 2 heterocycles. The third-order valence-electron chi connectivity index (χ3n) is 3.62. The van der Waals surface area contributed by atoms with Crippen LogP contribution < -0.4 is 4.90 Å². The van der Waals surface area contributed by atoms with Crippen molar-refractivity contribution in [1.82, 2.24) is 4.98 Å². The van der Waals surface area contributed by atoms with Gasteiger partial charge in [-0.2, -0.15) is 0 Å². The number of carbonyl (C=O) groups is 1. The lowest BCUT2D eigenvalue weighted by molar-refractivity contribution is 0.0690. The van der Waals surface area contributed by atoms with Crippen LogP contribution in [0.5, 0.6) is 0 Å². The predicted octanol–water partition coefficient (Wildman–Crippen LogP) is 3.11. The third kappa shape index (κ3) is 2.25. The molecule has 102 valence electrons. The number of fused-ring (bicyclic) bond motifs is 1. The Morgan fingerprint density at radius 1 is 1.35 bits per heavy atom. The number of aromatic carboxylic acids is 1. The standard InChI is InChI=1S/C16H16N2O2/c1-11-8-12-4-2-3-5-15(12)18(10-11)13-6-7-17-14(9-13)16(19)20/h2-7,9,11H,8,10H2,1H3,(H,19,20). The summed E-state index contributed by atoms with van der Waals surface area (Å²) in [7, 11) is 0. The van der Waals surface area contributed by atoms with Crippen LogP contribution in [0.25, 0.3) is 0 Å². The summed E-state index contributed by atoms with van der Waals surface area (Å²) in [4.78, 5) is 17.1. The molecule has 1 atom stereocenters. The first kappa shape index (κ1) is 12.7. The van der Waals surface area contributed by atoms with Crippen LogP contribution >= 0.6 is 0 Å². The van der Waals surface area contributed by atoms with Crippen molar-refractivity contribution >= 4 is 17.3 Å². The highest BCUT2D eigenvalue weighted by Crippen LogP contribution is 2.35. The molecule has 0 fully saturated rings. The number of rotatable bonds is 2. The van der Waals surface area contributed by atoms with Gasteiger partial charge in [-0.25, -0.2) is 9.78 Å². The molecule has 0 spiro atoms. The van der Waals surface area contributed by atoms with Gasteiger partial charge in [-0.1, -0.05) is 25.1 Å². The SMILES string of the molecule is CC1Cc2ccccc2N(c2ccnc(C(=O)O)c2)C1. The summed E-state index contributed by atoms with van der Waals surface area (Å²) in [6.45, 7) is 3.10. The predicted molar refractivity (Wildman–Crippen MR) is 77.5 cm³/mol. The second-order valence-electron chi connectivity index (χ2n) is 5.25. The summed E-state index contributed by atoms with van der Waals surface area (Å²) < 4.78 is 0. The van der Waals surface area contributed by atoms with Crippen LogP contribution in [0.1, 0.15) is 23.0 Å². The minimum atomic E-state index is -0.995. The Bertz CT molecular complexity index is 654. The van der Waals surface area contributed by atoms with Crippen molar-refractivity contribution in [2.45, 2.75) is 13.3 Å². The van der Waals surface area contributed by atoms with E-state index in [4.69, 9.17) is 5.11 Å². The molecule has 4 nitrogen and oxygen atoms in total. The average molecular weight is 268 g/mol. The van der Waals surface area contributed by atoms with E-state index in [1.165, 1.54) is 5.56 Å². The molecule has 1 unspecified atom stereocenters. The molecule has 0 bridgehead atoms. The Kier molecular flexibility index (Phi) is 3.14. The topological polar surface area (TPSA) is 53.4 Å². The van der Waals surface area contributed by atoms with Crippen LogP contribution in [0.3, 0.4) is 0 Å². The fourth-order valence-corrected chi connectivity index (χ4v) is 2.75. The van der Waals surface area contributed by atoms with Crippen LogP contribution in [0, 0.1) is 5.92 Å². The quantitative estimate of drug-likeness (QED) is 0.909. The van der Waals surface area contributed by atoms with E-state index in [9.17, 15) is 4.79 Å². The van der Waals surface area contributed by atoms with Crippen molar-refractivity contribution in [3.05, 3.63) is 53.9 Å². The Labute approximate surface area is 117 Å². The molecule has 0 saturated carbocycles. The third-order valence-corrected chi connectivity index (χ3v) is 3.62. The summed E-state index contributed by atoms with van der Waals surface area (Å²) >= 11 is 0. The van der Waals surface area contributed by atoms with Gasteiger partial charge in [0, 0.05) is 24.1 Å². The lowest BCUT2D eigenvalue weighted by Crippen LogP contribution is -2.30. The molecule has 1 aliphatic rings. The van der Waals surface area contributed by atoms with Crippen molar-refractivity contribution in [3.8, 4) is 0 Å². The normalized spacial score (nSPS) is 17.6. The van der Waals surface area contributed by atoms with Crippen molar-refractivity contribution < 1.29 is 9.90 Å². The zero-order chi connectivity index (χ0) is 14.1. The lowest BCUT2D eigenvalue weighted by atomic mass is 9.93. The van der Waals surface area contributed by atoms with Crippen LogP contribution in [-0.4, -0.2) is 22.6 Å². The number of carboxylic acids is 1. The van der Waals surface area contributed by atoms with Gasteiger partial charge in [0.2, 0.25) is 0 Å². The maximum atomic E-state index is 11.1. The van der Waals surface area contributed by atoms with Crippen LogP contribution in [0.15, 0.2) is 42.6 Å². The molecule has 1 aromatic heterocycles. The molecule has 1 aliphatic heterocycles. The van der Waals surface area contributed by atoms with Gasteiger partial charge >= 0.3 is 5.97 Å². The van der Waals surface area contributed by atoms with Crippen LogP contribution in [-0.2, 0) is 6.42 Å². The number of aromatic nitrogens is 1. The molecule has 0 amide bonds. The van der Waals surface area contributed by atoms with Crippen molar-refractivity contribution in [2.24, 2.45) is 5.92 Å². The van der Waals surface area contributed by atoms with Crippen molar-refractivity contribution in [3.63, 3.8) is 0 Å². The monoisotopic (exact) mass is 268 g/mol. The first-order chi connectivity index (χ1) is 9.65. The van der Waals surface area contributed by atoms with E-state index < -0.39 is 5.97 Å². The van der Waals surface area contributed by atoms with Gasteiger partial charge in [-0.3, -0.25) is 0 Å². The summed E-state index contributed by atoms with van der Waals surface area (Å²) in [5.41, 5.74) is 3.43. The molecule has 3 rings (SSSR count). The molecule has 20 heavy (non-hydrogen) atoms. The Morgan fingerprint density at radius 3 is 2.95 bits per heavy atom. The maximum Gasteiger partial charge on any atom is 0.354 e. The zero-order valence-corrected chi connectivity index (χ0v) is 11.3.